The smallest absolute Gasteiger partial charge is 0.0152 e. The van der Waals surface area contributed by atoms with Gasteiger partial charge in [0, 0.05) is 11.3 Å². The Hall–Kier alpha value is -0.710. The molecule has 2 aliphatic carbocycles. The SMILES string of the molecule is C1=CC2=CC=C1C2.NS(=O)[O-]. The summed E-state index contributed by atoms with van der Waals surface area (Å²) in [5, 5.41) is 4.03. The van der Waals surface area contributed by atoms with Crippen molar-refractivity contribution in [3.63, 3.8) is 0 Å². The van der Waals surface area contributed by atoms with Gasteiger partial charge < -0.3 is 4.55 Å². The van der Waals surface area contributed by atoms with Crippen LogP contribution in [-0.2, 0) is 11.3 Å². The second kappa shape index (κ2) is 3.61. The molecule has 0 aromatic rings. The molecule has 0 aromatic heterocycles. The van der Waals surface area contributed by atoms with Gasteiger partial charge in [0.05, 0.1) is 0 Å². The molecular weight excluding hydrogens is 162 g/mol. The van der Waals surface area contributed by atoms with E-state index in [-0.39, 0.29) is 0 Å². The molecule has 60 valence electrons. The Labute approximate surface area is 67.7 Å². The fourth-order valence-electron chi connectivity index (χ4n) is 1.01. The summed E-state index contributed by atoms with van der Waals surface area (Å²) in [5.41, 5.74) is 2.94. The van der Waals surface area contributed by atoms with Crippen LogP contribution in [0, 0.1) is 0 Å². The zero-order valence-corrected chi connectivity index (χ0v) is 6.64. The van der Waals surface area contributed by atoms with Gasteiger partial charge in [0.15, 0.2) is 0 Å². The molecule has 2 aliphatic rings. The summed E-state index contributed by atoms with van der Waals surface area (Å²) in [6, 6.07) is 0. The van der Waals surface area contributed by atoms with Crippen LogP contribution in [-0.4, -0.2) is 8.76 Å². The van der Waals surface area contributed by atoms with Crippen molar-refractivity contribution in [2.75, 3.05) is 0 Å². The predicted molar refractivity (Wildman–Crippen MR) is 43.0 cm³/mol. The molecule has 0 aliphatic heterocycles. The Balaban J connectivity index is 0.000000134. The van der Waals surface area contributed by atoms with Crippen molar-refractivity contribution in [1.82, 2.24) is 0 Å². The van der Waals surface area contributed by atoms with E-state index >= 15 is 0 Å². The molecule has 0 radical (unpaired) electrons. The molecule has 2 rings (SSSR count). The number of fused-ring (bicyclic) bond motifs is 2. The Kier molecular flexibility index (Phi) is 2.76. The Morgan fingerprint density at radius 1 is 1.36 bits per heavy atom. The normalized spacial score (nSPS) is 20.2. The largest absolute Gasteiger partial charge is 0.760 e. The first-order chi connectivity index (χ1) is 5.18. The van der Waals surface area contributed by atoms with Crippen LogP contribution in [0.4, 0.5) is 0 Å². The van der Waals surface area contributed by atoms with E-state index in [1.54, 1.807) is 0 Å². The molecule has 0 aromatic carbocycles. The summed E-state index contributed by atoms with van der Waals surface area (Å²) in [7, 11) is 0. The fourth-order valence-corrected chi connectivity index (χ4v) is 1.01. The van der Waals surface area contributed by atoms with Gasteiger partial charge in [-0.3, -0.25) is 9.35 Å². The van der Waals surface area contributed by atoms with E-state index in [2.05, 4.69) is 29.4 Å². The number of hydrogen-bond acceptors (Lipinski definition) is 2. The van der Waals surface area contributed by atoms with E-state index in [4.69, 9.17) is 8.76 Å². The summed E-state index contributed by atoms with van der Waals surface area (Å²) in [6.07, 6.45) is 9.90. The van der Waals surface area contributed by atoms with Crippen molar-refractivity contribution >= 4 is 11.3 Å². The van der Waals surface area contributed by atoms with Crippen molar-refractivity contribution in [2.45, 2.75) is 6.42 Å². The fraction of sp³-hybridized carbons (Fsp3) is 0.143. The first kappa shape index (κ1) is 8.39. The third-order valence-corrected chi connectivity index (χ3v) is 1.43. The van der Waals surface area contributed by atoms with Crippen LogP contribution in [0.5, 0.6) is 0 Å². The van der Waals surface area contributed by atoms with Gasteiger partial charge in [-0.05, 0) is 17.6 Å². The van der Waals surface area contributed by atoms with Crippen LogP contribution in [0.2, 0.25) is 0 Å². The van der Waals surface area contributed by atoms with Crippen LogP contribution in [0.3, 0.4) is 0 Å². The van der Waals surface area contributed by atoms with Crippen molar-refractivity contribution < 1.29 is 8.76 Å². The second-order valence-corrected chi connectivity index (χ2v) is 2.77. The van der Waals surface area contributed by atoms with Gasteiger partial charge in [0.1, 0.15) is 0 Å². The third kappa shape index (κ3) is 2.80. The standard InChI is InChI=1S/C7H6.H3NO2S/c1-2-7-4-3-6(1)5-7;1-4(2)3/h1-4H,5H2;1H2,(H,2,3)/p-1. The minimum Gasteiger partial charge on any atom is -0.760 e. The topological polar surface area (TPSA) is 66.2 Å². The molecule has 2 N–H and O–H groups in total. The van der Waals surface area contributed by atoms with Crippen LogP contribution >= 0.6 is 0 Å². The second-order valence-electron chi connectivity index (χ2n) is 2.25. The maximum Gasteiger partial charge on any atom is 0.0152 e. The maximum atomic E-state index is 8.78. The zero-order valence-electron chi connectivity index (χ0n) is 5.82. The van der Waals surface area contributed by atoms with Gasteiger partial charge in [0.2, 0.25) is 0 Å². The summed E-state index contributed by atoms with van der Waals surface area (Å²) < 4.78 is 17.6. The van der Waals surface area contributed by atoms with E-state index in [0.717, 1.165) is 0 Å². The number of hydrogen-bond donors (Lipinski definition) is 1. The first-order valence-electron chi connectivity index (χ1n) is 3.10. The quantitative estimate of drug-likeness (QED) is 0.539. The number of nitrogens with two attached hydrogens (primary N) is 1. The minimum atomic E-state index is -2.36. The maximum absolute atomic E-state index is 8.78. The van der Waals surface area contributed by atoms with Gasteiger partial charge >= 0.3 is 0 Å². The number of allylic oxidation sites excluding steroid dienone is 6. The molecular formula is C7H8NO2S-. The minimum absolute atomic E-state index is 1.19. The lowest BCUT2D eigenvalue weighted by molar-refractivity contribution is 0.539. The van der Waals surface area contributed by atoms with Crippen molar-refractivity contribution in [3.8, 4) is 0 Å². The Morgan fingerprint density at radius 3 is 1.82 bits per heavy atom. The molecule has 4 heteroatoms. The lowest BCUT2D eigenvalue weighted by Crippen LogP contribution is -1.97. The van der Waals surface area contributed by atoms with E-state index in [1.165, 1.54) is 17.6 Å². The Morgan fingerprint density at radius 2 is 1.73 bits per heavy atom. The highest BCUT2D eigenvalue weighted by Gasteiger charge is 2.07. The van der Waals surface area contributed by atoms with Crippen molar-refractivity contribution in [1.29, 1.82) is 0 Å². The lowest BCUT2D eigenvalue weighted by Gasteiger charge is -1.85. The van der Waals surface area contributed by atoms with Gasteiger partial charge in [-0.1, -0.05) is 24.3 Å². The third-order valence-electron chi connectivity index (χ3n) is 1.43. The predicted octanol–water partition coefficient (Wildman–Crippen LogP) is 0.552. The highest BCUT2D eigenvalue weighted by atomic mass is 32.2. The zero-order chi connectivity index (χ0) is 8.27. The van der Waals surface area contributed by atoms with E-state index < -0.39 is 11.3 Å². The molecule has 0 heterocycles. The molecule has 1 unspecified atom stereocenters. The highest BCUT2D eigenvalue weighted by molar-refractivity contribution is 7.76. The van der Waals surface area contributed by atoms with Gasteiger partial charge in [0.25, 0.3) is 0 Å². The molecule has 0 saturated heterocycles. The average molecular weight is 170 g/mol. The van der Waals surface area contributed by atoms with Crippen molar-refractivity contribution in [2.24, 2.45) is 5.14 Å². The summed E-state index contributed by atoms with van der Waals surface area (Å²) in [4.78, 5) is 0. The molecule has 0 saturated carbocycles. The van der Waals surface area contributed by atoms with Crippen LogP contribution in [0.25, 0.3) is 0 Å². The van der Waals surface area contributed by atoms with E-state index in [0.29, 0.717) is 0 Å². The molecule has 11 heavy (non-hydrogen) atoms. The monoisotopic (exact) mass is 170 g/mol. The first-order valence-corrected chi connectivity index (χ1v) is 4.24. The molecule has 2 bridgehead atoms. The molecule has 0 fully saturated rings. The lowest BCUT2D eigenvalue weighted by atomic mass is 10.3. The molecule has 0 spiro atoms. The molecule has 1 atom stereocenters. The van der Waals surface area contributed by atoms with Crippen molar-refractivity contribution in [3.05, 3.63) is 35.5 Å². The molecule has 0 amide bonds. The van der Waals surface area contributed by atoms with Gasteiger partial charge in [-0.25, -0.2) is 0 Å². The highest BCUT2D eigenvalue weighted by Crippen LogP contribution is 2.27. The van der Waals surface area contributed by atoms with E-state index in [9.17, 15) is 0 Å². The van der Waals surface area contributed by atoms with Gasteiger partial charge in [-0.15, -0.1) is 0 Å². The summed E-state index contributed by atoms with van der Waals surface area (Å²) >= 11 is -2.36. The van der Waals surface area contributed by atoms with Crippen LogP contribution < -0.4 is 5.14 Å². The van der Waals surface area contributed by atoms with E-state index in [1.807, 2.05) is 0 Å². The number of rotatable bonds is 0. The summed E-state index contributed by atoms with van der Waals surface area (Å²) in [6.45, 7) is 0. The average Bonchev–Trinajstić information content (AvgIpc) is 2.45. The summed E-state index contributed by atoms with van der Waals surface area (Å²) in [5.74, 6) is 0. The van der Waals surface area contributed by atoms with Gasteiger partial charge in [-0.2, -0.15) is 0 Å². The van der Waals surface area contributed by atoms with Crippen LogP contribution in [0.15, 0.2) is 35.5 Å². The van der Waals surface area contributed by atoms with Crippen LogP contribution in [0.1, 0.15) is 6.42 Å². The Bertz CT molecular complexity index is 242. The molecule has 3 nitrogen and oxygen atoms in total.